The molecule has 1 N–H and O–H groups in total. The Balaban J connectivity index is 2.32. The number of amides is 1. The zero-order valence-corrected chi connectivity index (χ0v) is 16.1. The average Bonchev–Trinajstić information content (AvgIpc) is 3.00. The summed E-state index contributed by atoms with van der Waals surface area (Å²) in [4.78, 5) is 12.7. The summed E-state index contributed by atoms with van der Waals surface area (Å²) in [5.41, 5.74) is -1.88. The Bertz CT molecular complexity index is 854. The second-order valence-electron chi connectivity index (χ2n) is 5.82. The standard InChI is InChI=1S/C17H15F3IN3O2/c1-4-7-26-14-8-11(17(18,19)20)5-6-13(14)23-15(25)16(2,3)24-10-12(21)9-22-24/h1,5-6,8-10H,7H2,2-3H3,(H,23,25). The third-order valence-electron chi connectivity index (χ3n) is 3.55. The first kappa shape index (κ1) is 20.1. The highest BCUT2D eigenvalue weighted by Crippen LogP contribution is 2.35. The van der Waals surface area contributed by atoms with E-state index < -0.39 is 23.2 Å². The number of terminal acetylenes is 1. The first-order chi connectivity index (χ1) is 12.1. The van der Waals surface area contributed by atoms with Gasteiger partial charge in [-0.1, -0.05) is 5.92 Å². The number of rotatable bonds is 5. The van der Waals surface area contributed by atoms with Gasteiger partial charge in [0, 0.05) is 6.20 Å². The Morgan fingerprint density at radius 1 is 1.42 bits per heavy atom. The summed E-state index contributed by atoms with van der Waals surface area (Å²) in [7, 11) is 0. The summed E-state index contributed by atoms with van der Waals surface area (Å²) >= 11 is 2.06. The van der Waals surface area contributed by atoms with Gasteiger partial charge in [-0.3, -0.25) is 9.48 Å². The lowest BCUT2D eigenvalue weighted by atomic mass is 10.0. The topological polar surface area (TPSA) is 56.1 Å². The Labute approximate surface area is 162 Å². The van der Waals surface area contributed by atoms with Crippen molar-refractivity contribution in [3.63, 3.8) is 0 Å². The van der Waals surface area contributed by atoms with E-state index in [1.165, 1.54) is 4.68 Å². The highest BCUT2D eigenvalue weighted by Gasteiger charge is 2.33. The molecule has 26 heavy (non-hydrogen) atoms. The predicted molar refractivity (Wildman–Crippen MR) is 98.7 cm³/mol. The molecule has 0 aliphatic rings. The third-order valence-corrected chi connectivity index (χ3v) is 4.10. The van der Waals surface area contributed by atoms with Gasteiger partial charge in [0.1, 0.15) is 17.9 Å². The molecule has 1 aromatic carbocycles. The van der Waals surface area contributed by atoms with Crippen LogP contribution in [0, 0.1) is 15.9 Å². The van der Waals surface area contributed by atoms with Crippen LogP contribution < -0.4 is 10.1 Å². The van der Waals surface area contributed by atoms with Crippen LogP contribution in [-0.2, 0) is 16.5 Å². The number of anilines is 1. The number of carbonyl (C=O) groups excluding carboxylic acids is 1. The molecular weight excluding hydrogens is 462 g/mol. The maximum atomic E-state index is 12.9. The summed E-state index contributed by atoms with van der Waals surface area (Å²) in [6.07, 6.45) is 3.84. The second-order valence-corrected chi connectivity index (χ2v) is 7.06. The van der Waals surface area contributed by atoms with E-state index in [0.29, 0.717) is 0 Å². The molecule has 0 unspecified atom stereocenters. The highest BCUT2D eigenvalue weighted by molar-refractivity contribution is 14.1. The number of benzene rings is 1. The van der Waals surface area contributed by atoms with Gasteiger partial charge >= 0.3 is 6.18 Å². The monoisotopic (exact) mass is 477 g/mol. The van der Waals surface area contributed by atoms with Gasteiger partial charge in [0.15, 0.2) is 0 Å². The number of hydrogen-bond donors (Lipinski definition) is 1. The van der Waals surface area contributed by atoms with E-state index in [-0.39, 0.29) is 18.0 Å². The molecule has 0 aliphatic heterocycles. The number of nitrogens with zero attached hydrogens (tertiary/aromatic N) is 2. The summed E-state index contributed by atoms with van der Waals surface area (Å²) < 4.78 is 46.2. The Kier molecular flexibility index (Phi) is 5.85. The Hall–Kier alpha value is -2.22. The van der Waals surface area contributed by atoms with Crippen molar-refractivity contribution < 1.29 is 22.7 Å². The van der Waals surface area contributed by atoms with Crippen LogP contribution in [0.3, 0.4) is 0 Å². The summed E-state index contributed by atoms with van der Waals surface area (Å²) in [5, 5.41) is 6.69. The quantitative estimate of drug-likeness (QED) is 0.526. The van der Waals surface area contributed by atoms with Crippen LogP contribution in [0.4, 0.5) is 18.9 Å². The van der Waals surface area contributed by atoms with E-state index in [4.69, 9.17) is 11.2 Å². The summed E-state index contributed by atoms with van der Waals surface area (Å²) in [5.74, 6) is 1.56. The number of alkyl halides is 3. The molecule has 1 aromatic heterocycles. The van der Waals surface area contributed by atoms with Crippen LogP contribution in [0.1, 0.15) is 19.4 Å². The molecule has 0 spiro atoms. The fourth-order valence-corrected chi connectivity index (χ4v) is 2.42. The molecule has 0 fully saturated rings. The summed E-state index contributed by atoms with van der Waals surface area (Å²) in [6, 6.07) is 2.80. The molecule has 2 rings (SSSR count). The van der Waals surface area contributed by atoms with Crippen LogP contribution in [0.2, 0.25) is 0 Å². The minimum absolute atomic E-state index is 0.0909. The number of aromatic nitrogens is 2. The Morgan fingerprint density at radius 3 is 2.65 bits per heavy atom. The fraction of sp³-hybridized carbons (Fsp3) is 0.294. The molecular formula is C17H15F3IN3O2. The molecule has 0 radical (unpaired) electrons. The molecule has 1 amide bonds. The van der Waals surface area contributed by atoms with Crippen molar-refractivity contribution in [2.45, 2.75) is 25.6 Å². The van der Waals surface area contributed by atoms with Gasteiger partial charge in [-0.05, 0) is 54.6 Å². The van der Waals surface area contributed by atoms with Crippen molar-refractivity contribution in [2.24, 2.45) is 0 Å². The first-order valence-corrected chi connectivity index (χ1v) is 8.43. The lowest BCUT2D eigenvalue weighted by molar-refractivity contribution is -0.137. The molecule has 5 nitrogen and oxygen atoms in total. The van der Waals surface area contributed by atoms with Crippen molar-refractivity contribution >= 4 is 34.2 Å². The molecule has 1 heterocycles. The molecule has 0 saturated heterocycles. The van der Waals surface area contributed by atoms with Gasteiger partial charge in [0.2, 0.25) is 0 Å². The SMILES string of the molecule is C#CCOc1cc(C(F)(F)F)ccc1NC(=O)C(C)(C)n1cc(I)cn1. The third kappa shape index (κ3) is 4.49. The number of ether oxygens (including phenoxy) is 1. The van der Waals surface area contributed by atoms with E-state index in [9.17, 15) is 18.0 Å². The minimum Gasteiger partial charge on any atom is -0.479 e. The van der Waals surface area contributed by atoms with Gasteiger partial charge in [-0.25, -0.2) is 0 Å². The molecule has 0 bridgehead atoms. The fourth-order valence-electron chi connectivity index (χ4n) is 2.03. The van der Waals surface area contributed by atoms with Crippen LogP contribution in [0.25, 0.3) is 0 Å². The van der Waals surface area contributed by atoms with Crippen molar-refractivity contribution in [1.82, 2.24) is 9.78 Å². The van der Waals surface area contributed by atoms with Gasteiger partial charge in [-0.15, -0.1) is 6.42 Å². The maximum Gasteiger partial charge on any atom is 0.416 e. The molecule has 9 heteroatoms. The lowest BCUT2D eigenvalue weighted by Gasteiger charge is -2.25. The minimum atomic E-state index is -4.54. The second kappa shape index (κ2) is 7.57. The lowest BCUT2D eigenvalue weighted by Crippen LogP contribution is -2.40. The summed E-state index contributed by atoms with van der Waals surface area (Å²) in [6.45, 7) is 3.04. The largest absolute Gasteiger partial charge is 0.479 e. The molecule has 2 aromatic rings. The van der Waals surface area contributed by atoms with Gasteiger partial charge < -0.3 is 10.1 Å². The van der Waals surface area contributed by atoms with E-state index >= 15 is 0 Å². The number of halogens is 4. The van der Waals surface area contributed by atoms with Crippen LogP contribution in [0.5, 0.6) is 5.75 Å². The maximum absolute atomic E-state index is 12.9. The van der Waals surface area contributed by atoms with Gasteiger partial charge in [-0.2, -0.15) is 18.3 Å². The van der Waals surface area contributed by atoms with Crippen LogP contribution in [0.15, 0.2) is 30.6 Å². The van der Waals surface area contributed by atoms with E-state index in [1.807, 2.05) is 0 Å². The van der Waals surface area contributed by atoms with E-state index in [0.717, 1.165) is 21.8 Å². The molecule has 0 saturated carbocycles. The normalized spacial score (nSPS) is 11.7. The van der Waals surface area contributed by atoms with Crippen molar-refractivity contribution in [1.29, 1.82) is 0 Å². The van der Waals surface area contributed by atoms with Crippen molar-refractivity contribution in [3.8, 4) is 18.1 Å². The van der Waals surface area contributed by atoms with Crippen LogP contribution >= 0.6 is 22.6 Å². The highest BCUT2D eigenvalue weighted by atomic mass is 127. The van der Waals surface area contributed by atoms with E-state index in [2.05, 4.69) is 38.9 Å². The molecule has 138 valence electrons. The first-order valence-electron chi connectivity index (χ1n) is 7.35. The predicted octanol–water partition coefficient (Wildman–Crippen LogP) is 3.89. The van der Waals surface area contributed by atoms with Crippen LogP contribution in [-0.4, -0.2) is 22.3 Å². The number of hydrogen-bond acceptors (Lipinski definition) is 3. The number of nitrogens with one attached hydrogen (secondary N) is 1. The molecule has 0 aliphatic carbocycles. The molecule has 0 atom stereocenters. The van der Waals surface area contributed by atoms with Crippen molar-refractivity contribution in [3.05, 3.63) is 39.7 Å². The Morgan fingerprint density at radius 2 is 2.12 bits per heavy atom. The number of carbonyl (C=O) groups is 1. The van der Waals surface area contributed by atoms with Gasteiger partial charge in [0.25, 0.3) is 5.91 Å². The zero-order chi connectivity index (χ0) is 19.5. The average molecular weight is 477 g/mol. The zero-order valence-electron chi connectivity index (χ0n) is 13.9. The van der Waals surface area contributed by atoms with Gasteiger partial charge in [0.05, 0.1) is 21.0 Å². The smallest absolute Gasteiger partial charge is 0.416 e. The van der Waals surface area contributed by atoms with E-state index in [1.54, 1.807) is 26.2 Å². The van der Waals surface area contributed by atoms with Crippen molar-refractivity contribution in [2.75, 3.05) is 11.9 Å².